The van der Waals surface area contributed by atoms with E-state index >= 15 is 0 Å². The number of aliphatic hydroxyl groups is 1. The monoisotopic (exact) mass is 363 g/mol. The van der Waals surface area contributed by atoms with Crippen molar-refractivity contribution >= 4 is 16.6 Å². The molecule has 0 aliphatic heterocycles. The predicted molar refractivity (Wildman–Crippen MR) is 85.6 cm³/mol. The highest BCUT2D eigenvalue weighted by Crippen LogP contribution is 2.40. The van der Waals surface area contributed by atoms with Crippen LogP contribution in [0, 0.1) is 0 Å². The van der Waals surface area contributed by atoms with Gasteiger partial charge in [-0.3, -0.25) is 0 Å². The Labute approximate surface area is 133 Å². The molecule has 5 nitrogen and oxygen atoms in total. The molecule has 0 aliphatic carbocycles. The quantitative estimate of drug-likeness (QED) is 0.493. The predicted octanol–water partition coefficient (Wildman–Crippen LogP) is 3.82. The zero-order valence-electron chi connectivity index (χ0n) is 14.4. The fourth-order valence-corrected chi connectivity index (χ4v) is 2.85. The molecule has 0 aromatic rings. The third-order valence-corrected chi connectivity index (χ3v) is 8.67. The summed E-state index contributed by atoms with van der Waals surface area (Å²) < 4.78 is 40.9. The molecule has 0 bridgehead atoms. The molecule has 134 valence electrons. The van der Waals surface area contributed by atoms with Crippen molar-refractivity contribution in [3.8, 4) is 0 Å². The Morgan fingerprint density at radius 2 is 1.45 bits per heavy atom. The van der Waals surface area contributed by atoms with Gasteiger partial charge in [0.1, 0.15) is 6.10 Å². The zero-order chi connectivity index (χ0) is 18.4. The molecular formula is C13H30F2O5PSi+. The van der Waals surface area contributed by atoms with E-state index in [-0.39, 0.29) is 17.9 Å². The number of hydrogen-bond acceptors (Lipinski definition) is 3. The van der Waals surface area contributed by atoms with E-state index in [0.717, 1.165) is 0 Å². The second-order valence-electron chi connectivity index (χ2n) is 6.70. The Morgan fingerprint density at radius 1 is 1.14 bits per heavy atom. The fraction of sp³-hybridized carbons (Fsp3) is 1.00. The molecule has 0 radical (unpaired) electrons. The molecule has 0 heterocycles. The van der Waals surface area contributed by atoms with Crippen LogP contribution >= 0.6 is 8.25 Å². The van der Waals surface area contributed by atoms with Crippen LogP contribution in [0.2, 0.25) is 18.1 Å². The molecule has 9 heteroatoms. The van der Waals surface area contributed by atoms with Gasteiger partial charge in [-0.25, -0.2) is 8.78 Å². The highest BCUT2D eigenvalue weighted by molar-refractivity contribution is 7.30. The lowest BCUT2D eigenvalue weighted by molar-refractivity contribution is -0.133. The number of halogens is 2. The summed E-state index contributed by atoms with van der Waals surface area (Å²) in [7, 11) is -5.18. The van der Waals surface area contributed by atoms with Gasteiger partial charge in [0, 0.05) is 4.57 Å². The smallest absolute Gasteiger partial charge is 0.405 e. The SMILES string of the molecule is CCC(O)(CC)C(O[Si](C)(C)C(C)(C)C)C(F)F.O=[P+](O)O. The van der Waals surface area contributed by atoms with Gasteiger partial charge in [-0.1, -0.05) is 34.6 Å². The average molecular weight is 363 g/mol. The molecule has 0 spiro atoms. The Balaban J connectivity index is 0. The van der Waals surface area contributed by atoms with Gasteiger partial charge >= 0.3 is 8.25 Å². The molecular weight excluding hydrogens is 333 g/mol. The van der Waals surface area contributed by atoms with Crippen molar-refractivity contribution in [1.29, 1.82) is 0 Å². The number of hydrogen-bond donors (Lipinski definition) is 3. The van der Waals surface area contributed by atoms with E-state index in [2.05, 4.69) is 0 Å². The fourth-order valence-electron chi connectivity index (χ4n) is 1.54. The molecule has 3 N–H and O–H groups in total. The summed E-state index contributed by atoms with van der Waals surface area (Å²) in [4.78, 5) is 14.2. The van der Waals surface area contributed by atoms with E-state index in [9.17, 15) is 13.9 Å². The van der Waals surface area contributed by atoms with Crippen LogP contribution in [-0.4, -0.2) is 41.3 Å². The normalized spacial score (nSPS) is 14.4. The molecule has 0 aliphatic rings. The molecule has 0 fully saturated rings. The third kappa shape index (κ3) is 8.03. The van der Waals surface area contributed by atoms with E-state index in [1.807, 2.05) is 33.9 Å². The van der Waals surface area contributed by atoms with Crippen molar-refractivity contribution in [3.05, 3.63) is 0 Å². The summed E-state index contributed by atoms with van der Waals surface area (Å²) in [5, 5.41) is 10.2. The standard InChI is InChI=1S/C13H28F2O2Si.HO3P/c1-8-13(16,9-2)10(11(14)15)17-18(6,7)12(3,4)5;1-4(2)3/h10-11,16H,8-9H2,1-7H3;(H-,1,2,3)/p+1. The van der Waals surface area contributed by atoms with Gasteiger partial charge in [0.15, 0.2) is 8.32 Å². The maximum atomic E-state index is 13.2. The Hall–Kier alpha value is 0.0169. The summed E-state index contributed by atoms with van der Waals surface area (Å²) in [6, 6.07) is 0. The molecule has 22 heavy (non-hydrogen) atoms. The number of alkyl halides is 2. The van der Waals surface area contributed by atoms with Crippen molar-refractivity contribution in [2.75, 3.05) is 0 Å². The average Bonchev–Trinajstić information content (AvgIpc) is 2.32. The summed E-state index contributed by atoms with van der Waals surface area (Å²) >= 11 is 0. The Kier molecular flexibility index (Phi) is 10.3. The van der Waals surface area contributed by atoms with Crippen LogP contribution in [0.1, 0.15) is 47.5 Å². The van der Waals surface area contributed by atoms with Gasteiger partial charge in [0.05, 0.1) is 5.60 Å². The third-order valence-electron chi connectivity index (χ3n) is 4.21. The first-order valence-corrected chi connectivity index (χ1v) is 11.2. The minimum atomic E-state index is -2.87. The lowest BCUT2D eigenvalue weighted by atomic mass is 9.91. The molecule has 0 amide bonds. The van der Waals surface area contributed by atoms with Gasteiger partial charge in [-0.05, 0) is 31.0 Å². The molecule has 0 saturated carbocycles. The summed E-state index contributed by atoms with van der Waals surface area (Å²) in [5.74, 6) is 0. The maximum absolute atomic E-state index is 13.2. The van der Waals surface area contributed by atoms with Crippen LogP contribution in [0.5, 0.6) is 0 Å². The molecule has 1 unspecified atom stereocenters. The van der Waals surface area contributed by atoms with Gasteiger partial charge in [-0.15, -0.1) is 9.79 Å². The first-order valence-electron chi connectivity index (χ1n) is 7.18. The molecule has 0 saturated heterocycles. The second kappa shape index (κ2) is 9.35. The van der Waals surface area contributed by atoms with Gasteiger partial charge < -0.3 is 9.53 Å². The van der Waals surface area contributed by atoms with Crippen molar-refractivity contribution < 1.29 is 32.7 Å². The van der Waals surface area contributed by atoms with Crippen LogP contribution in [0.4, 0.5) is 8.78 Å². The maximum Gasteiger partial charge on any atom is 0.692 e. The van der Waals surface area contributed by atoms with E-state index in [4.69, 9.17) is 18.8 Å². The van der Waals surface area contributed by atoms with E-state index in [1.54, 1.807) is 13.8 Å². The van der Waals surface area contributed by atoms with Crippen LogP contribution in [0.3, 0.4) is 0 Å². The van der Waals surface area contributed by atoms with Crippen molar-refractivity contribution in [3.63, 3.8) is 0 Å². The molecule has 0 aromatic heterocycles. The minimum absolute atomic E-state index is 0.150. The van der Waals surface area contributed by atoms with Crippen LogP contribution in [0.25, 0.3) is 0 Å². The molecule has 0 rings (SSSR count). The first kappa shape index (κ1) is 24.3. The highest BCUT2D eigenvalue weighted by Gasteiger charge is 2.47. The van der Waals surface area contributed by atoms with Crippen LogP contribution in [0.15, 0.2) is 0 Å². The van der Waals surface area contributed by atoms with Gasteiger partial charge in [-0.2, -0.15) is 0 Å². The molecule has 1 atom stereocenters. The Morgan fingerprint density at radius 3 is 1.64 bits per heavy atom. The van der Waals surface area contributed by atoms with Crippen LogP contribution < -0.4 is 0 Å². The van der Waals surface area contributed by atoms with Crippen molar-refractivity contribution in [2.45, 2.75) is 83.7 Å². The number of rotatable bonds is 6. The topological polar surface area (TPSA) is 87.0 Å². The van der Waals surface area contributed by atoms with Gasteiger partial charge in [0.25, 0.3) is 6.43 Å². The zero-order valence-corrected chi connectivity index (χ0v) is 16.3. The van der Waals surface area contributed by atoms with E-state index < -0.39 is 34.7 Å². The summed E-state index contributed by atoms with van der Waals surface area (Å²) in [5.41, 5.74) is -1.44. The summed E-state index contributed by atoms with van der Waals surface area (Å²) in [6.45, 7) is 13.3. The second-order valence-corrected chi connectivity index (χ2v) is 12.0. The first-order chi connectivity index (χ1) is 9.64. The van der Waals surface area contributed by atoms with E-state index in [0.29, 0.717) is 0 Å². The molecule has 0 aromatic carbocycles. The lowest BCUT2D eigenvalue weighted by Crippen LogP contribution is -2.55. The lowest BCUT2D eigenvalue weighted by Gasteiger charge is -2.43. The van der Waals surface area contributed by atoms with Crippen molar-refractivity contribution in [1.82, 2.24) is 0 Å². The largest absolute Gasteiger partial charge is 0.692 e. The summed E-state index contributed by atoms with van der Waals surface area (Å²) in [6.07, 6.45) is -3.52. The minimum Gasteiger partial charge on any atom is -0.405 e. The highest BCUT2D eigenvalue weighted by atomic mass is 31.1. The van der Waals surface area contributed by atoms with Gasteiger partial charge in [0.2, 0.25) is 0 Å². The van der Waals surface area contributed by atoms with Crippen LogP contribution in [-0.2, 0) is 8.99 Å². The van der Waals surface area contributed by atoms with Crippen molar-refractivity contribution in [2.24, 2.45) is 0 Å². The van der Waals surface area contributed by atoms with E-state index in [1.165, 1.54) is 0 Å². The Bertz CT molecular complexity index is 340.